The average molecular weight is 500 g/mol. The number of methoxy groups -OCH3 is 1. The van der Waals surface area contributed by atoms with Crippen molar-refractivity contribution in [3.05, 3.63) is 48.0 Å². The van der Waals surface area contributed by atoms with Gasteiger partial charge in [-0.1, -0.05) is 13.5 Å². The fourth-order valence-corrected chi connectivity index (χ4v) is 5.02. The summed E-state index contributed by atoms with van der Waals surface area (Å²) in [5.41, 5.74) is 0.751. The first kappa shape index (κ1) is 27.8. The van der Waals surface area contributed by atoms with E-state index in [9.17, 15) is 9.90 Å². The number of hydrogen-bond donors (Lipinski definition) is 1. The smallest absolute Gasteiger partial charge is 0.161 e. The predicted molar refractivity (Wildman–Crippen MR) is 140 cm³/mol. The fraction of sp³-hybridized carbons (Fsp3) is 0.552. The van der Waals surface area contributed by atoms with Crippen molar-refractivity contribution >= 4 is 5.78 Å². The van der Waals surface area contributed by atoms with Crippen LogP contribution in [-0.4, -0.2) is 61.3 Å². The first-order valence-corrected chi connectivity index (χ1v) is 12.6. The topological polar surface area (TPSA) is 77.5 Å². The number of carbonyl (C=O) groups excluding carboxylic acids is 1. The molecule has 1 N–H and O–H groups in total. The lowest BCUT2D eigenvalue weighted by atomic mass is 9.89. The summed E-state index contributed by atoms with van der Waals surface area (Å²) in [7, 11) is 1.62. The number of likely N-dealkylation sites (tertiary alicyclic amines) is 1. The Morgan fingerprint density at radius 3 is 2.33 bits per heavy atom. The largest absolute Gasteiger partial charge is 0.497 e. The van der Waals surface area contributed by atoms with Gasteiger partial charge in [-0.05, 0) is 68.7 Å². The molecular formula is C29H41NO6. The number of ether oxygens (including phenoxy) is 4. The Morgan fingerprint density at radius 2 is 1.67 bits per heavy atom. The second kappa shape index (κ2) is 13.0. The number of aliphatic hydroxyl groups excluding tert-OH is 1. The third kappa shape index (κ3) is 6.92. The molecule has 2 aromatic carbocycles. The Balaban J connectivity index is 0.00000361. The molecule has 0 spiro atoms. The van der Waals surface area contributed by atoms with E-state index in [1.165, 1.54) is 0 Å². The summed E-state index contributed by atoms with van der Waals surface area (Å²) in [5, 5.41) is 11.4. The van der Waals surface area contributed by atoms with Gasteiger partial charge in [0.25, 0.3) is 0 Å². The van der Waals surface area contributed by atoms with E-state index in [-0.39, 0.29) is 25.5 Å². The van der Waals surface area contributed by atoms with Crippen molar-refractivity contribution in [1.29, 1.82) is 0 Å². The highest BCUT2D eigenvalue weighted by molar-refractivity contribution is 5.78. The highest BCUT2D eigenvalue weighted by Gasteiger charge is 2.33. The van der Waals surface area contributed by atoms with E-state index < -0.39 is 6.10 Å². The average Bonchev–Trinajstić information content (AvgIpc) is 3.20. The molecule has 2 aliphatic rings. The molecule has 7 nitrogen and oxygen atoms in total. The summed E-state index contributed by atoms with van der Waals surface area (Å²) in [4.78, 5) is 15.4. The van der Waals surface area contributed by atoms with Gasteiger partial charge in [0.05, 0.1) is 19.8 Å². The molecule has 0 bridgehead atoms. The van der Waals surface area contributed by atoms with Gasteiger partial charge < -0.3 is 24.1 Å². The van der Waals surface area contributed by atoms with Gasteiger partial charge in [-0.3, -0.25) is 9.69 Å². The zero-order valence-corrected chi connectivity index (χ0v) is 20.9. The Morgan fingerprint density at radius 1 is 1.03 bits per heavy atom. The Bertz CT molecular complexity index is 968. The van der Waals surface area contributed by atoms with Crippen LogP contribution in [0.25, 0.3) is 0 Å². The normalized spacial score (nSPS) is 20.8. The minimum Gasteiger partial charge on any atom is -0.497 e. The molecule has 198 valence electrons. The molecule has 1 unspecified atom stereocenters. The maximum Gasteiger partial charge on any atom is 0.161 e. The van der Waals surface area contributed by atoms with Gasteiger partial charge in [0.1, 0.15) is 30.5 Å². The van der Waals surface area contributed by atoms with Crippen LogP contribution in [0.2, 0.25) is 0 Å². The highest BCUT2D eigenvalue weighted by Crippen LogP contribution is 2.36. The van der Waals surface area contributed by atoms with Crippen LogP contribution in [0.3, 0.4) is 0 Å². The van der Waals surface area contributed by atoms with Crippen molar-refractivity contribution in [3.63, 3.8) is 0 Å². The van der Waals surface area contributed by atoms with E-state index in [1.807, 2.05) is 42.5 Å². The molecule has 1 fully saturated rings. The van der Waals surface area contributed by atoms with E-state index in [4.69, 9.17) is 18.9 Å². The monoisotopic (exact) mass is 499 g/mol. The van der Waals surface area contributed by atoms with Gasteiger partial charge in [-0.15, -0.1) is 0 Å². The number of Topliss-reactive ketones (excluding diaryl/α,β-unsaturated/α-hetero) is 1. The van der Waals surface area contributed by atoms with Crippen molar-refractivity contribution in [2.45, 2.75) is 65.1 Å². The number of ketones is 1. The number of nitrogens with zero attached hydrogens (tertiary/aromatic N) is 1. The number of carbonyl (C=O) groups is 1. The van der Waals surface area contributed by atoms with E-state index in [0.29, 0.717) is 62.1 Å². The lowest BCUT2D eigenvalue weighted by molar-refractivity contribution is -0.121. The number of fused-ring (bicyclic) bond motifs is 1. The lowest BCUT2D eigenvalue weighted by Crippen LogP contribution is -2.39. The van der Waals surface area contributed by atoms with Crippen molar-refractivity contribution in [2.75, 3.05) is 33.5 Å². The van der Waals surface area contributed by atoms with Crippen LogP contribution in [0.1, 0.15) is 58.6 Å². The molecule has 0 saturated carbocycles. The van der Waals surface area contributed by atoms with Crippen molar-refractivity contribution in [3.8, 4) is 23.0 Å². The van der Waals surface area contributed by atoms with Gasteiger partial charge in [0, 0.05) is 37.4 Å². The summed E-state index contributed by atoms with van der Waals surface area (Å²) < 4.78 is 22.3. The van der Waals surface area contributed by atoms with Crippen LogP contribution in [0.4, 0.5) is 0 Å². The van der Waals surface area contributed by atoms with Crippen LogP contribution in [0.15, 0.2) is 42.5 Å². The minimum absolute atomic E-state index is 0. The molecule has 7 heteroatoms. The number of benzene rings is 2. The summed E-state index contributed by atoms with van der Waals surface area (Å²) in [6, 6.07) is 13.8. The second-order valence-corrected chi connectivity index (χ2v) is 9.60. The van der Waals surface area contributed by atoms with Crippen molar-refractivity contribution in [2.24, 2.45) is 5.92 Å². The van der Waals surface area contributed by atoms with Gasteiger partial charge in [0.15, 0.2) is 11.5 Å². The maximum absolute atomic E-state index is 13.0. The van der Waals surface area contributed by atoms with Crippen LogP contribution < -0.4 is 18.9 Å². The quantitative estimate of drug-likeness (QED) is 0.463. The number of rotatable bonds is 11. The van der Waals surface area contributed by atoms with Crippen molar-refractivity contribution < 1.29 is 28.8 Å². The second-order valence-electron chi connectivity index (χ2n) is 9.60. The van der Waals surface area contributed by atoms with E-state index in [2.05, 4.69) is 18.7 Å². The molecule has 0 aromatic heterocycles. The van der Waals surface area contributed by atoms with E-state index >= 15 is 0 Å². The zero-order valence-electron chi connectivity index (χ0n) is 20.9. The summed E-state index contributed by atoms with van der Waals surface area (Å²) in [6.45, 7) is 6.43. The fourth-order valence-electron chi connectivity index (χ4n) is 5.02. The van der Waals surface area contributed by atoms with Crippen LogP contribution in [0.5, 0.6) is 23.0 Å². The maximum atomic E-state index is 13.0. The molecule has 0 amide bonds. The lowest BCUT2D eigenvalue weighted by Gasteiger charge is -2.33. The molecule has 0 aliphatic carbocycles. The number of aliphatic hydroxyl groups is 1. The Kier molecular flexibility index (Phi) is 10.0. The summed E-state index contributed by atoms with van der Waals surface area (Å²) in [6.07, 6.45) is 2.08. The van der Waals surface area contributed by atoms with Crippen LogP contribution >= 0.6 is 0 Å². The Labute approximate surface area is 215 Å². The summed E-state index contributed by atoms with van der Waals surface area (Å²) >= 11 is 0. The zero-order chi connectivity index (χ0) is 24.8. The molecule has 2 heterocycles. The van der Waals surface area contributed by atoms with E-state index in [1.54, 1.807) is 7.11 Å². The molecule has 0 radical (unpaired) electrons. The highest BCUT2D eigenvalue weighted by atomic mass is 16.6. The van der Waals surface area contributed by atoms with Gasteiger partial charge in [-0.25, -0.2) is 0 Å². The molecule has 4 atom stereocenters. The molecule has 4 rings (SSSR count). The molecular weight excluding hydrogens is 458 g/mol. The third-order valence-electron chi connectivity index (χ3n) is 7.13. The molecule has 36 heavy (non-hydrogen) atoms. The third-order valence-corrected chi connectivity index (χ3v) is 7.13. The van der Waals surface area contributed by atoms with Crippen LogP contribution in [-0.2, 0) is 4.79 Å². The molecule has 2 aromatic rings. The first-order valence-electron chi connectivity index (χ1n) is 12.6. The summed E-state index contributed by atoms with van der Waals surface area (Å²) in [5.74, 6) is 2.65. The minimum atomic E-state index is -0.780. The number of hydrogen-bond acceptors (Lipinski definition) is 7. The van der Waals surface area contributed by atoms with Gasteiger partial charge in [-0.2, -0.15) is 0 Å². The van der Waals surface area contributed by atoms with Gasteiger partial charge in [0.2, 0.25) is 0 Å². The Hall–Kier alpha value is -2.77. The molecule has 1 saturated heterocycles. The SMILES string of the molecule is C.COc1ccc(OCCC(=O)CC(CN2[C@H](C)CC[C@H]2C)[C@H](O)c2ccc3c(c2)OCCO3)cc1. The van der Waals surface area contributed by atoms with E-state index in [0.717, 1.165) is 24.2 Å². The predicted octanol–water partition coefficient (Wildman–Crippen LogP) is 5.05. The standard InChI is InChI=1S/C28H37NO6.CH4/c1-19-4-5-20(2)29(19)18-22(28(31)21-6-11-26-27(17-21)35-15-14-34-26)16-23(30)12-13-33-25-9-7-24(32-3)8-10-25;/h6-11,17,19-20,22,28,31H,4-5,12-16,18H2,1-3H3;1H4/t19-,20-,22?,28-;/m1./s1. The first-order chi connectivity index (χ1) is 16.9. The van der Waals surface area contributed by atoms with Gasteiger partial charge >= 0.3 is 0 Å². The van der Waals surface area contributed by atoms with Crippen LogP contribution in [0, 0.1) is 5.92 Å². The van der Waals surface area contributed by atoms with Crippen molar-refractivity contribution in [1.82, 2.24) is 4.90 Å². The molecule has 2 aliphatic heterocycles.